The van der Waals surface area contributed by atoms with E-state index in [2.05, 4.69) is 9.62 Å². The Morgan fingerprint density at radius 3 is 2.65 bits per heavy atom. The highest BCUT2D eigenvalue weighted by molar-refractivity contribution is 7.90. The molecule has 0 unspecified atom stereocenters. The molecule has 2 amide bonds. The van der Waals surface area contributed by atoms with Gasteiger partial charge in [-0.2, -0.15) is 13.2 Å². The number of hydrogen-bond acceptors (Lipinski definition) is 7. The molecule has 2 aromatic rings. The largest absolute Gasteiger partial charge is 0.487 e. The van der Waals surface area contributed by atoms with Crippen molar-refractivity contribution in [2.75, 3.05) is 31.1 Å². The molecule has 2 aliphatic heterocycles. The summed E-state index contributed by atoms with van der Waals surface area (Å²) in [5.74, 6) is -1.39. The Bertz CT molecular complexity index is 1650. The molecule has 0 spiro atoms. The van der Waals surface area contributed by atoms with Crippen LogP contribution in [-0.4, -0.2) is 64.0 Å². The topological polar surface area (TPSA) is 114 Å². The molecule has 3 aliphatic rings. The van der Waals surface area contributed by atoms with Crippen molar-refractivity contribution >= 4 is 39.1 Å². The number of aryl methyl sites for hydroxylation is 1. The number of amides is 2. The summed E-state index contributed by atoms with van der Waals surface area (Å²) in [5, 5.41) is 1.58. The number of hydrogen-bond donors (Lipinski definition) is 2. The molecule has 2 bridgehead atoms. The second-order valence-corrected chi connectivity index (χ2v) is 15.8. The lowest BCUT2D eigenvalue weighted by atomic mass is 9.70. The molecule has 5 rings (SSSR count). The number of halogens is 4. The van der Waals surface area contributed by atoms with E-state index >= 15 is 0 Å². The van der Waals surface area contributed by atoms with Crippen molar-refractivity contribution < 1.29 is 40.7 Å². The summed E-state index contributed by atoms with van der Waals surface area (Å²) in [6.07, 6.45) is 2.92. The predicted molar refractivity (Wildman–Crippen MR) is 181 cm³/mol. The monoisotopic (exact) mass is 725 g/mol. The van der Waals surface area contributed by atoms with Crippen LogP contribution in [0.25, 0.3) is 0 Å². The maximum Gasteiger partial charge on any atom is 0.405 e. The zero-order chi connectivity index (χ0) is 35.3. The summed E-state index contributed by atoms with van der Waals surface area (Å²) in [7, 11) is -4.06. The van der Waals surface area contributed by atoms with E-state index in [0.29, 0.717) is 36.0 Å². The highest BCUT2D eigenvalue weighted by Crippen LogP contribution is 2.42. The molecule has 9 nitrogen and oxygen atoms in total. The van der Waals surface area contributed by atoms with Crippen LogP contribution in [0.2, 0.25) is 5.02 Å². The second kappa shape index (κ2) is 15.7. The van der Waals surface area contributed by atoms with E-state index in [1.165, 1.54) is 6.92 Å². The number of fused-ring (bicyclic) bond motifs is 3. The number of ether oxygens (including phenoxy) is 2. The average Bonchev–Trinajstić information content (AvgIpc) is 3.06. The van der Waals surface area contributed by atoms with Gasteiger partial charge in [0, 0.05) is 23.7 Å². The van der Waals surface area contributed by atoms with Crippen molar-refractivity contribution in [2.24, 2.45) is 17.8 Å². The fraction of sp³-hybridized carbons (Fsp3) is 0.543. The number of rotatable bonds is 4. The predicted octanol–water partition coefficient (Wildman–Crippen LogP) is 6.20. The number of sulfonamides is 1. The molecule has 0 aromatic heterocycles. The number of benzene rings is 2. The van der Waals surface area contributed by atoms with Crippen molar-refractivity contribution in [3.8, 4) is 5.75 Å². The van der Waals surface area contributed by atoms with Gasteiger partial charge in [-0.05, 0) is 105 Å². The third-order valence-electron chi connectivity index (χ3n) is 9.84. The van der Waals surface area contributed by atoms with E-state index in [1.54, 1.807) is 37.3 Å². The standard InChI is InChI=1S/C35H43ClF3N3O6S/c1-22-6-5-8-31(48-20-33(43)40-21-35(37,38)39)29-13-10-26(29)18-42-15-4-3-7-24-16-28(36)12-9-27(24)19-47-32-14-11-25(17-30(32)42)34(44)41-49(45,46)23(22)2/h5,8-9,11-12,14,16-17,22-23,26,29,31H,3-4,6-7,10,13,15,18-21H2,1-2H3,(H,40,43)(H,41,44)/b8-5+/t22-,23+,26-,29+,31-/m0/s1. The Labute approximate surface area is 290 Å². The van der Waals surface area contributed by atoms with Crippen molar-refractivity contribution in [3.63, 3.8) is 0 Å². The van der Waals surface area contributed by atoms with E-state index in [9.17, 15) is 31.2 Å². The van der Waals surface area contributed by atoms with Gasteiger partial charge in [0.15, 0.2) is 0 Å². The highest BCUT2D eigenvalue weighted by atomic mass is 35.5. The number of allylic oxidation sites excluding steroid dienone is 1. The Balaban J connectivity index is 1.48. The molecule has 2 aromatic carbocycles. The number of anilines is 1. The zero-order valence-electron chi connectivity index (χ0n) is 27.6. The lowest BCUT2D eigenvalue weighted by Crippen LogP contribution is -2.45. The van der Waals surface area contributed by atoms with E-state index in [4.69, 9.17) is 21.1 Å². The smallest absolute Gasteiger partial charge is 0.405 e. The van der Waals surface area contributed by atoms with Gasteiger partial charge in [-0.15, -0.1) is 0 Å². The molecular formula is C35H43ClF3N3O6S. The molecular weight excluding hydrogens is 683 g/mol. The first-order chi connectivity index (χ1) is 23.2. The van der Waals surface area contributed by atoms with Gasteiger partial charge in [0.1, 0.15) is 25.5 Å². The van der Waals surface area contributed by atoms with Crippen LogP contribution < -0.4 is 19.7 Å². The lowest BCUT2D eigenvalue weighted by Gasteiger charge is -2.44. The summed E-state index contributed by atoms with van der Waals surface area (Å²) < 4.78 is 79.3. The Hall–Kier alpha value is -3.29. The van der Waals surface area contributed by atoms with E-state index in [0.717, 1.165) is 43.2 Å². The van der Waals surface area contributed by atoms with Gasteiger partial charge < -0.3 is 19.7 Å². The van der Waals surface area contributed by atoms with Crippen LogP contribution in [0.15, 0.2) is 48.6 Å². The average molecular weight is 726 g/mol. The normalized spacial score (nSPS) is 26.8. The fourth-order valence-corrected chi connectivity index (χ4v) is 8.05. The molecule has 49 heavy (non-hydrogen) atoms. The van der Waals surface area contributed by atoms with Gasteiger partial charge in [0.2, 0.25) is 15.9 Å². The molecule has 1 aliphatic carbocycles. The summed E-state index contributed by atoms with van der Waals surface area (Å²) in [5.41, 5.74) is 2.93. The third kappa shape index (κ3) is 9.70. The van der Waals surface area contributed by atoms with Crippen molar-refractivity contribution in [1.29, 1.82) is 0 Å². The molecule has 0 saturated heterocycles. The van der Waals surface area contributed by atoms with E-state index in [-0.39, 0.29) is 24.0 Å². The minimum Gasteiger partial charge on any atom is -0.487 e. The first-order valence-corrected chi connectivity index (χ1v) is 18.6. The van der Waals surface area contributed by atoms with Gasteiger partial charge in [0.05, 0.1) is 17.0 Å². The molecule has 5 atom stereocenters. The van der Waals surface area contributed by atoms with Crippen molar-refractivity contribution in [3.05, 3.63) is 70.3 Å². The summed E-state index contributed by atoms with van der Waals surface area (Å²) in [4.78, 5) is 27.8. The number of carbonyl (C=O) groups is 2. The van der Waals surface area contributed by atoms with Crippen LogP contribution in [0.3, 0.4) is 0 Å². The van der Waals surface area contributed by atoms with Crippen LogP contribution in [0.1, 0.15) is 67.4 Å². The summed E-state index contributed by atoms with van der Waals surface area (Å²) in [6, 6.07) is 10.7. The molecule has 2 N–H and O–H groups in total. The molecule has 268 valence electrons. The third-order valence-corrected chi connectivity index (χ3v) is 12.0. The number of carbonyl (C=O) groups excluding carboxylic acids is 2. The van der Waals surface area contributed by atoms with Crippen LogP contribution >= 0.6 is 11.6 Å². The Morgan fingerprint density at radius 2 is 1.92 bits per heavy atom. The van der Waals surface area contributed by atoms with Crippen LogP contribution in [0.5, 0.6) is 5.75 Å². The number of nitrogens with one attached hydrogen (secondary N) is 2. The van der Waals surface area contributed by atoms with Gasteiger partial charge >= 0.3 is 6.18 Å². The maximum absolute atomic E-state index is 13.4. The van der Waals surface area contributed by atoms with Crippen LogP contribution in [-0.2, 0) is 32.6 Å². The zero-order valence-corrected chi connectivity index (χ0v) is 29.2. The molecule has 14 heteroatoms. The van der Waals surface area contributed by atoms with Crippen LogP contribution in [0, 0.1) is 17.8 Å². The van der Waals surface area contributed by atoms with Gasteiger partial charge in [0.25, 0.3) is 5.91 Å². The van der Waals surface area contributed by atoms with E-state index < -0.39 is 58.4 Å². The molecule has 0 radical (unpaired) electrons. The van der Waals surface area contributed by atoms with Gasteiger partial charge in [-0.3, -0.25) is 9.59 Å². The quantitative estimate of drug-likeness (QED) is 0.361. The Morgan fingerprint density at radius 1 is 1.12 bits per heavy atom. The molecule has 1 saturated carbocycles. The Kier molecular flexibility index (Phi) is 11.9. The summed E-state index contributed by atoms with van der Waals surface area (Å²) in [6.45, 7) is 2.75. The first kappa shape index (κ1) is 37.0. The molecule has 2 heterocycles. The SMILES string of the molecule is C[C@@H]1[C@@H](C)C/C=C/[C@H](OCC(=O)NCC(F)(F)F)[C@@H]2CC[C@H]2CN2CCCCc3cc(Cl)ccc3COc3ccc(cc32)C(=O)NS1(=O)=O. The second-order valence-electron chi connectivity index (χ2n) is 13.3. The number of alkyl halides is 3. The minimum absolute atomic E-state index is 0.0449. The lowest BCUT2D eigenvalue weighted by molar-refractivity contribution is -0.143. The molecule has 1 fully saturated rings. The highest BCUT2D eigenvalue weighted by Gasteiger charge is 2.39. The summed E-state index contributed by atoms with van der Waals surface area (Å²) >= 11 is 6.31. The van der Waals surface area contributed by atoms with Crippen molar-refractivity contribution in [2.45, 2.75) is 76.5 Å². The first-order valence-electron chi connectivity index (χ1n) is 16.7. The van der Waals surface area contributed by atoms with Crippen LogP contribution in [0.4, 0.5) is 18.9 Å². The van der Waals surface area contributed by atoms with E-state index in [1.807, 2.05) is 23.5 Å². The number of nitrogens with zero attached hydrogens (tertiary/aromatic N) is 1. The fourth-order valence-electron chi connectivity index (χ4n) is 6.57. The minimum atomic E-state index is -4.54. The van der Waals surface area contributed by atoms with Crippen molar-refractivity contribution in [1.82, 2.24) is 10.0 Å². The van der Waals surface area contributed by atoms with Gasteiger partial charge in [-0.1, -0.05) is 36.7 Å². The maximum atomic E-state index is 13.4. The van der Waals surface area contributed by atoms with Gasteiger partial charge in [-0.25, -0.2) is 13.1 Å².